The molecule has 0 fully saturated rings. The Morgan fingerprint density at radius 1 is 1.33 bits per heavy atom. The van der Waals surface area contributed by atoms with E-state index in [0.717, 1.165) is 16.6 Å². The Balaban J connectivity index is 2.10. The largest absolute Gasteiger partial charge is 0.390 e. The molecule has 3 nitrogen and oxygen atoms in total. The van der Waals surface area contributed by atoms with Crippen LogP contribution in [-0.2, 0) is 18.9 Å². The highest BCUT2D eigenvalue weighted by atomic mass is 32.2. The average Bonchev–Trinajstić information content (AvgIpc) is 2.80. The number of benzene rings is 1. The molecule has 0 radical (unpaired) electrons. The smallest absolute Gasteiger partial charge is 0.169 e. The van der Waals surface area contributed by atoms with Gasteiger partial charge < -0.3 is 9.67 Å². The van der Waals surface area contributed by atoms with Crippen molar-refractivity contribution in [3.8, 4) is 12.3 Å². The Kier molecular flexibility index (Phi) is 4.46. The highest BCUT2D eigenvalue weighted by molar-refractivity contribution is 7.98. The predicted octanol–water partition coefficient (Wildman–Crippen LogP) is 2.30. The van der Waals surface area contributed by atoms with Crippen LogP contribution in [0.25, 0.3) is 0 Å². The van der Waals surface area contributed by atoms with Crippen LogP contribution in [0.1, 0.15) is 11.3 Å². The van der Waals surface area contributed by atoms with E-state index in [-0.39, 0.29) is 6.61 Å². The first-order chi connectivity index (χ1) is 8.85. The fourth-order valence-electron chi connectivity index (χ4n) is 1.62. The van der Waals surface area contributed by atoms with Gasteiger partial charge in [0.05, 0.1) is 25.0 Å². The lowest BCUT2D eigenvalue weighted by atomic mass is 10.2. The third-order valence-corrected chi connectivity index (χ3v) is 3.59. The molecule has 0 aliphatic rings. The molecule has 0 aliphatic carbocycles. The van der Waals surface area contributed by atoms with Gasteiger partial charge in [0.15, 0.2) is 5.16 Å². The Morgan fingerprint density at radius 2 is 2.11 bits per heavy atom. The van der Waals surface area contributed by atoms with Crippen molar-refractivity contribution in [1.82, 2.24) is 9.55 Å². The number of aliphatic hydroxyl groups excluding tert-OH is 1. The second-order valence-electron chi connectivity index (χ2n) is 3.75. The first kappa shape index (κ1) is 12.7. The van der Waals surface area contributed by atoms with Crippen LogP contribution in [0, 0.1) is 12.3 Å². The second kappa shape index (κ2) is 6.29. The normalized spacial score (nSPS) is 10.2. The molecule has 0 unspecified atom stereocenters. The summed E-state index contributed by atoms with van der Waals surface area (Å²) in [7, 11) is 0. The standard InChI is InChI=1S/C14H14N2OS/c1-2-8-16-13(10-17)9-15-14(16)18-11-12-6-4-3-5-7-12/h1,3-7,9,17H,8,10-11H2. The molecule has 0 saturated heterocycles. The molecule has 1 heterocycles. The fraction of sp³-hybridized carbons (Fsp3) is 0.214. The maximum absolute atomic E-state index is 9.20. The zero-order chi connectivity index (χ0) is 12.8. The molecule has 0 aliphatic heterocycles. The zero-order valence-corrected chi connectivity index (χ0v) is 10.7. The van der Waals surface area contributed by atoms with Crippen molar-refractivity contribution in [2.75, 3.05) is 0 Å². The van der Waals surface area contributed by atoms with Gasteiger partial charge in [0.1, 0.15) is 0 Å². The number of thioether (sulfide) groups is 1. The summed E-state index contributed by atoms with van der Waals surface area (Å²) in [6.07, 6.45) is 7.00. The van der Waals surface area contributed by atoms with Crippen LogP contribution in [0.4, 0.5) is 0 Å². The minimum atomic E-state index is -0.0411. The number of hydrogen-bond acceptors (Lipinski definition) is 3. The van der Waals surface area contributed by atoms with Crippen molar-refractivity contribution in [1.29, 1.82) is 0 Å². The first-order valence-corrected chi connectivity index (χ1v) is 6.59. The van der Waals surface area contributed by atoms with E-state index >= 15 is 0 Å². The highest BCUT2D eigenvalue weighted by Crippen LogP contribution is 2.22. The predicted molar refractivity (Wildman–Crippen MR) is 73.0 cm³/mol. The second-order valence-corrected chi connectivity index (χ2v) is 4.70. The van der Waals surface area contributed by atoms with Gasteiger partial charge in [-0.25, -0.2) is 4.98 Å². The van der Waals surface area contributed by atoms with Gasteiger partial charge in [-0.2, -0.15) is 0 Å². The fourth-order valence-corrected chi connectivity index (χ4v) is 2.57. The molecule has 0 spiro atoms. The molecular weight excluding hydrogens is 244 g/mol. The molecule has 0 amide bonds. The lowest BCUT2D eigenvalue weighted by molar-refractivity contribution is 0.270. The van der Waals surface area contributed by atoms with Crippen LogP contribution >= 0.6 is 11.8 Å². The average molecular weight is 258 g/mol. The summed E-state index contributed by atoms with van der Waals surface area (Å²) >= 11 is 1.62. The molecule has 0 saturated carbocycles. The summed E-state index contributed by atoms with van der Waals surface area (Å²) in [6, 6.07) is 10.2. The Morgan fingerprint density at radius 3 is 2.78 bits per heavy atom. The van der Waals surface area contributed by atoms with E-state index in [1.807, 2.05) is 22.8 Å². The summed E-state index contributed by atoms with van der Waals surface area (Å²) in [5.41, 5.74) is 1.99. The lowest BCUT2D eigenvalue weighted by Crippen LogP contribution is -2.03. The number of nitrogens with zero attached hydrogens (tertiary/aromatic N) is 2. The van der Waals surface area contributed by atoms with Gasteiger partial charge in [0.2, 0.25) is 0 Å². The van der Waals surface area contributed by atoms with Gasteiger partial charge >= 0.3 is 0 Å². The van der Waals surface area contributed by atoms with Crippen molar-refractivity contribution in [3.63, 3.8) is 0 Å². The van der Waals surface area contributed by atoms with Gasteiger partial charge in [-0.3, -0.25) is 0 Å². The van der Waals surface area contributed by atoms with E-state index in [0.29, 0.717) is 6.54 Å². The van der Waals surface area contributed by atoms with Crippen LogP contribution in [0.15, 0.2) is 41.7 Å². The van der Waals surface area contributed by atoms with Crippen molar-refractivity contribution >= 4 is 11.8 Å². The lowest BCUT2D eigenvalue weighted by Gasteiger charge is -2.06. The monoisotopic (exact) mass is 258 g/mol. The highest BCUT2D eigenvalue weighted by Gasteiger charge is 2.08. The van der Waals surface area contributed by atoms with Crippen molar-refractivity contribution in [2.45, 2.75) is 24.1 Å². The van der Waals surface area contributed by atoms with Gasteiger partial charge in [0.25, 0.3) is 0 Å². The van der Waals surface area contributed by atoms with Crippen molar-refractivity contribution in [3.05, 3.63) is 47.8 Å². The SMILES string of the molecule is C#CCn1c(CO)cnc1SCc1ccccc1. The summed E-state index contributed by atoms with van der Waals surface area (Å²) < 4.78 is 1.87. The maximum atomic E-state index is 9.20. The molecule has 0 bridgehead atoms. The van der Waals surface area contributed by atoms with E-state index < -0.39 is 0 Å². The number of hydrogen-bond donors (Lipinski definition) is 1. The van der Waals surface area contributed by atoms with Crippen LogP contribution in [-0.4, -0.2) is 14.7 Å². The quantitative estimate of drug-likeness (QED) is 0.660. The third kappa shape index (κ3) is 2.95. The molecule has 4 heteroatoms. The number of aliphatic hydroxyl groups is 1. The molecule has 92 valence electrons. The van der Waals surface area contributed by atoms with E-state index in [1.165, 1.54) is 5.56 Å². The van der Waals surface area contributed by atoms with Crippen LogP contribution in [0.5, 0.6) is 0 Å². The van der Waals surface area contributed by atoms with Gasteiger partial charge in [-0.1, -0.05) is 48.0 Å². The topological polar surface area (TPSA) is 38.0 Å². The molecule has 0 atom stereocenters. The minimum Gasteiger partial charge on any atom is -0.390 e. The maximum Gasteiger partial charge on any atom is 0.169 e. The van der Waals surface area contributed by atoms with E-state index in [4.69, 9.17) is 6.42 Å². The Bertz CT molecular complexity index is 543. The summed E-state index contributed by atoms with van der Waals surface area (Å²) in [5, 5.41) is 10.1. The number of imidazole rings is 1. The van der Waals surface area contributed by atoms with Crippen LogP contribution in [0.3, 0.4) is 0 Å². The van der Waals surface area contributed by atoms with Crippen molar-refractivity contribution in [2.24, 2.45) is 0 Å². The Hall–Kier alpha value is -1.70. The zero-order valence-electron chi connectivity index (χ0n) is 9.91. The Labute approximate surface area is 111 Å². The molecule has 1 N–H and O–H groups in total. The van der Waals surface area contributed by atoms with Gasteiger partial charge in [-0.15, -0.1) is 6.42 Å². The van der Waals surface area contributed by atoms with E-state index in [1.54, 1.807) is 18.0 Å². The summed E-state index contributed by atoms with van der Waals surface area (Å²) in [6.45, 7) is 0.396. The summed E-state index contributed by atoms with van der Waals surface area (Å²) in [5.74, 6) is 3.42. The molecule has 1 aromatic heterocycles. The first-order valence-electron chi connectivity index (χ1n) is 5.60. The van der Waals surface area contributed by atoms with Gasteiger partial charge in [-0.05, 0) is 5.56 Å². The number of terminal acetylenes is 1. The van der Waals surface area contributed by atoms with E-state index in [2.05, 4.69) is 23.0 Å². The molecule has 1 aromatic carbocycles. The summed E-state index contributed by atoms with van der Waals surface area (Å²) in [4.78, 5) is 4.29. The molecule has 2 rings (SSSR count). The van der Waals surface area contributed by atoms with Crippen molar-refractivity contribution < 1.29 is 5.11 Å². The van der Waals surface area contributed by atoms with Gasteiger partial charge in [0, 0.05) is 5.75 Å². The van der Waals surface area contributed by atoms with Crippen LogP contribution in [0.2, 0.25) is 0 Å². The van der Waals surface area contributed by atoms with E-state index in [9.17, 15) is 5.11 Å². The number of rotatable bonds is 5. The minimum absolute atomic E-state index is 0.0411. The third-order valence-electron chi connectivity index (χ3n) is 2.52. The molecule has 18 heavy (non-hydrogen) atoms. The molecular formula is C14H14N2OS. The number of aromatic nitrogens is 2. The van der Waals surface area contributed by atoms with Crippen LogP contribution < -0.4 is 0 Å². The molecule has 2 aromatic rings.